The van der Waals surface area contributed by atoms with Crippen molar-refractivity contribution in [2.24, 2.45) is 0 Å². The number of ether oxygens (including phenoxy) is 2. The lowest BCUT2D eigenvalue weighted by molar-refractivity contribution is -0.189. The molecule has 0 aliphatic carbocycles. The van der Waals surface area contributed by atoms with Crippen molar-refractivity contribution < 1.29 is 37.5 Å². The van der Waals surface area contributed by atoms with Crippen LogP contribution in [0.5, 0.6) is 0 Å². The van der Waals surface area contributed by atoms with Crippen LogP contribution in [0.1, 0.15) is 10.4 Å². The second kappa shape index (κ2) is 6.92. The number of nitrogens with one attached hydrogen (secondary N) is 2. The number of benzene rings is 1. The van der Waals surface area contributed by atoms with E-state index in [0.717, 1.165) is 20.3 Å². The minimum Gasteiger partial charge on any atom is -0.465 e. The molecule has 1 unspecified atom stereocenters. The van der Waals surface area contributed by atoms with Crippen molar-refractivity contribution in [2.75, 3.05) is 14.2 Å². The molecule has 1 fully saturated rings. The molecular weight excluding hydrogens is 360 g/mol. The molecule has 1 aliphatic rings. The Balaban J connectivity index is 2.29. The van der Waals surface area contributed by atoms with E-state index in [1.807, 2.05) is 5.43 Å². The zero-order valence-corrected chi connectivity index (χ0v) is 13.8. The summed E-state index contributed by atoms with van der Waals surface area (Å²) >= 11 is 0. The molecule has 0 spiro atoms. The van der Waals surface area contributed by atoms with Gasteiger partial charge in [0.05, 0.1) is 12.7 Å². The zero-order chi connectivity index (χ0) is 18.8. The van der Waals surface area contributed by atoms with Crippen LogP contribution in [0.3, 0.4) is 0 Å². The van der Waals surface area contributed by atoms with E-state index in [1.165, 1.54) is 18.2 Å². The summed E-state index contributed by atoms with van der Waals surface area (Å²) in [5.74, 6) is -0.917. The van der Waals surface area contributed by atoms with Gasteiger partial charge in [-0.1, -0.05) is 12.1 Å². The smallest absolute Gasteiger partial charge is 0.364 e. The number of carbonyl (C=O) groups is 3. The third-order valence-corrected chi connectivity index (χ3v) is 4.47. The quantitative estimate of drug-likeness (QED) is 0.468. The summed E-state index contributed by atoms with van der Waals surface area (Å²) in [5.41, 5.74) is 1.62. The number of methoxy groups -OCH3 is 2. The Labute approximate surface area is 141 Å². The average Bonchev–Trinajstić information content (AvgIpc) is 2.88. The van der Waals surface area contributed by atoms with E-state index in [2.05, 4.69) is 4.74 Å². The molecule has 12 nitrogen and oxygen atoms in total. The van der Waals surface area contributed by atoms with Gasteiger partial charge in [0, 0.05) is 7.11 Å². The van der Waals surface area contributed by atoms with Gasteiger partial charge in [0.1, 0.15) is 4.90 Å². The largest absolute Gasteiger partial charge is 0.465 e. The van der Waals surface area contributed by atoms with Crippen molar-refractivity contribution in [3.05, 3.63) is 29.8 Å². The Kier molecular flexibility index (Phi) is 5.10. The van der Waals surface area contributed by atoms with E-state index < -0.39 is 39.3 Å². The molecule has 1 aliphatic heterocycles. The van der Waals surface area contributed by atoms with E-state index in [-0.39, 0.29) is 10.6 Å². The first-order valence-electron chi connectivity index (χ1n) is 6.57. The van der Waals surface area contributed by atoms with Crippen molar-refractivity contribution in [2.45, 2.75) is 11.2 Å². The minimum absolute atomic E-state index is 0.0502. The van der Waals surface area contributed by atoms with Crippen molar-refractivity contribution in [1.29, 1.82) is 0 Å². The number of rotatable bonds is 4. The van der Waals surface area contributed by atoms with Crippen LogP contribution in [0.4, 0.5) is 9.59 Å². The highest BCUT2D eigenvalue weighted by atomic mass is 32.2. The van der Waals surface area contributed by atoms with Crippen LogP contribution in [0.15, 0.2) is 29.2 Å². The second-order valence-electron chi connectivity index (χ2n) is 4.59. The summed E-state index contributed by atoms with van der Waals surface area (Å²) in [6.07, 6.45) is -1.58. The number of esters is 1. The third kappa shape index (κ3) is 3.47. The molecule has 1 aromatic carbocycles. The zero-order valence-electron chi connectivity index (χ0n) is 13.0. The lowest BCUT2D eigenvalue weighted by Gasteiger charge is -2.22. The summed E-state index contributed by atoms with van der Waals surface area (Å²) in [4.78, 5) is 34.6. The number of nitrogens with zero attached hydrogens (tertiary/aromatic N) is 2. The molecule has 0 saturated carbocycles. The second-order valence-corrected chi connectivity index (χ2v) is 6.24. The average molecular weight is 374 g/mol. The Morgan fingerprint density at radius 3 is 2.52 bits per heavy atom. The monoisotopic (exact) mass is 374 g/mol. The molecule has 3 N–H and O–H groups in total. The summed E-state index contributed by atoms with van der Waals surface area (Å²) in [6, 6.07) is 2.63. The van der Waals surface area contributed by atoms with Gasteiger partial charge in [0.25, 0.3) is 16.4 Å². The molecule has 25 heavy (non-hydrogen) atoms. The van der Waals surface area contributed by atoms with Gasteiger partial charge in [0.15, 0.2) is 0 Å². The fourth-order valence-corrected chi connectivity index (χ4v) is 3.11. The lowest BCUT2D eigenvalue weighted by Crippen LogP contribution is -2.51. The summed E-state index contributed by atoms with van der Waals surface area (Å²) in [6.45, 7) is 0. The Morgan fingerprint density at radius 1 is 1.28 bits per heavy atom. The van der Waals surface area contributed by atoms with Gasteiger partial charge in [-0.15, -0.1) is 0 Å². The molecule has 4 amide bonds. The first-order chi connectivity index (χ1) is 11.7. The molecule has 0 aromatic heterocycles. The molecular formula is C12H14N4O8S. The topological polar surface area (TPSA) is 155 Å². The predicted molar refractivity (Wildman–Crippen MR) is 78.3 cm³/mol. The maximum atomic E-state index is 12.4. The van der Waals surface area contributed by atoms with E-state index in [9.17, 15) is 28.0 Å². The van der Waals surface area contributed by atoms with E-state index in [0.29, 0.717) is 5.01 Å². The molecule has 1 heterocycles. The van der Waals surface area contributed by atoms with Crippen molar-refractivity contribution >= 4 is 28.1 Å². The van der Waals surface area contributed by atoms with Crippen LogP contribution in [-0.2, 0) is 19.5 Å². The van der Waals surface area contributed by atoms with E-state index in [4.69, 9.17) is 4.74 Å². The number of hydrazine groups is 1. The minimum atomic E-state index is -4.50. The Hall–Kier alpha value is -2.90. The molecule has 0 radical (unpaired) electrons. The number of hydrogen-bond acceptors (Lipinski definition) is 8. The van der Waals surface area contributed by atoms with Gasteiger partial charge in [-0.05, 0) is 12.1 Å². The van der Waals surface area contributed by atoms with Gasteiger partial charge in [-0.25, -0.2) is 32.9 Å². The van der Waals surface area contributed by atoms with Gasteiger partial charge in [0.2, 0.25) is 0 Å². The van der Waals surface area contributed by atoms with Gasteiger partial charge >= 0.3 is 18.0 Å². The molecule has 0 bridgehead atoms. The first kappa shape index (κ1) is 18.4. The number of amides is 4. The maximum Gasteiger partial charge on any atom is 0.364 e. The van der Waals surface area contributed by atoms with Crippen LogP contribution >= 0.6 is 0 Å². The van der Waals surface area contributed by atoms with Crippen LogP contribution in [0, 0.1) is 0 Å². The van der Waals surface area contributed by atoms with Crippen molar-refractivity contribution in [3.63, 3.8) is 0 Å². The third-order valence-electron chi connectivity index (χ3n) is 3.09. The molecule has 136 valence electrons. The lowest BCUT2D eigenvalue weighted by atomic mass is 10.2. The fourth-order valence-electron chi connectivity index (χ4n) is 1.97. The Morgan fingerprint density at radius 2 is 1.92 bits per heavy atom. The van der Waals surface area contributed by atoms with Gasteiger partial charge in [-0.3, -0.25) is 5.21 Å². The maximum absolute atomic E-state index is 12.4. The molecule has 1 atom stereocenters. The standard InChI is InChI=1S/C12H14N4O8S/c1-23-9(17)7-5-3-4-6-8(7)25(21,22)14-11(19)15-12(24-2)16(20)10(18)13-15/h3-6,12,20H,1-2H3,(H,13,18)(H,14,19). The number of carbonyl (C=O) groups excluding carboxylic acids is 3. The molecule has 13 heteroatoms. The van der Waals surface area contributed by atoms with Crippen LogP contribution in [0.25, 0.3) is 0 Å². The van der Waals surface area contributed by atoms with E-state index in [1.54, 1.807) is 4.72 Å². The number of urea groups is 2. The first-order valence-corrected chi connectivity index (χ1v) is 8.06. The van der Waals surface area contributed by atoms with Crippen molar-refractivity contribution in [3.8, 4) is 0 Å². The van der Waals surface area contributed by atoms with Crippen LogP contribution < -0.4 is 10.1 Å². The summed E-state index contributed by atoms with van der Waals surface area (Å²) in [7, 11) is -2.35. The number of sulfonamides is 1. The summed E-state index contributed by atoms with van der Waals surface area (Å²) < 4.78 is 35.7. The molecule has 1 aromatic rings. The normalized spacial score (nSPS) is 17.2. The Bertz CT molecular complexity index is 811. The highest BCUT2D eigenvalue weighted by Crippen LogP contribution is 2.17. The van der Waals surface area contributed by atoms with Gasteiger partial charge < -0.3 is 9.47 Å². The van der Waals surface area contributed by atoms with Crippen molar-refractivity contribution in [1.82, 2.24) is 20.2 Å². The van der Waals surface area contributed by atoms with Crippen LogP contribution in [0.2, 0.25) is 0 Å². The number of hydroxylamine groups is 2. The molecule has 2 rings (SSSR count). The van der Waals surface area contributed by atoms with Gasteiger partial charge in [-0.2, -0.15) is 10.1 Å². The SMILES string of the molecule is COC(=O)c1ccccc1S(=O)(=O)NC(=O)N1NC(=O)N(O)C1OC. The highest BCUT2D eigenvalue weighted by molar-refractivity contribution is 7.90. The van der Waals surface area contributed by atoms with E-state index >= 15 is 0 Å². The highest BCUT2D eigenvalue weighted by Gasteiger charge is 2.42. The molecule has 1 saturated heterocycles. The summed E-state index contributed by atoms with van der Waals surface area (Å²) in [5, 5.41) is 9.87. The van der Waals surface area contributed by atoms with Crippen LogP contribution in [-0.4, -0.2) is 62.3 Å². The predicted octanol–water partition coefficient (Wildman–Crippen LogP) is -0.567. The fraction of sp³-hybridized carbons (Fsp3) is 0.250. The number of hydrogen-bond donors (Lipinski definition) is 3.